The molecule has 0 saturated carbocycles. The normalized spacial score (nSPS) is 22.2. The SMILES string of the molecule is O=C(C1=CCCC1)N1CC2(CC(OCc3ccccn3)CCO2)C1.O=C(O)C(F)(F)F. The van der Waals surface area contributed by atoms with Crippen LogP contribution in [0.3, 0.4) is 0 Å². The fourth-order valence-corrected chi connectivity index (χ4v) is 3.89. The number of aliphatic carboxylic acids is 1. The monoisotopic (exact) mass is 442 g/mol. The lowest BCUT2D eigenvalue weighted by molar-refractivity contribution is -0.200. The van der Waals surface area contributed by atoms with Crippen LogP contribution in [0.1, 0.15) is 37.8 Å². The van der Waals surface area contributed by atoms with Gasteiger partial charge >= 0.3 is 12.1 Å². The third-order valence-corrected chi connectivity index (χ3v) is 5.44. The molecule has 1 aromatic heterocycles. The van der Waals surface area contributed by atoms with Gasteiger partial charge in [-0.2, -0.15) is 13.2 Å². The summed E-state index contributed by atoms with van der Waals surface area (Å²) in [5.41, 5.74) is 1.75. The number of alkyl halides is 3. The number of likely N-dealkylation sites (tertiary alicyclic amines) is 1. The highest BCUT2D eigenvalue weighted by atomic mass is 19.4. The van der Waals surface area contributed by atoms with Crippen molar-refractivity contribution in [3.05, 3.63) is 41.7 Å². The van der Waals surface area contributed by atoms with E-state index in [0.717, 1.165) is 43.4 Å². The van der Waals surface area contributed by atoms with E-state index in [0.29, 0.717) is 26.3 Å². The predicted octanol–water partition coefficient (Wildman–Crippen LogP) is 3.10. The van der Waals surface area contributed by atoms with Crippen molar-refractivity contribution < 1.29 is 37.3 Å². The number of rotatable bonds is 4. The molecule has 170 valence electrons. The van der Waals surface area contributed by atoms with Crippen molar-refractivity contribution in [2.75, 3.05) is 19.7 Å². The van der Waals surface area contributed by atoms with Crippen LogP contribution >= 0.6 is 0 Å². The Hall–Kier alpha value is -2.46. The van der Waals surface area contributed by atoms with Crippen molar-refractivity contribution in [1.82, 2.24) is 9.88 Å². The number of carboxylic acids is 1. The summed E-state index contributed by atoms with van der Waals surface area (Å²) in [6, 6.07) is 5.87. The molecule has 2 saturated heterocycles. The Morgan fingerprint density at radius 1 is 1.32 bits per heavy atom. The van der Waals surface area contributed by atoms with E-state index >= 15 is 0 Å². The van der Waals surface area contributed by atoms with Crippen LogP contribution in [0.15, 0.2) is 36.0 Å². The molecular formula is C21H25F3N2O5. The molecule has 1 unspecified atom stereocenters. The van der Waals surface area contributed by atoms with Gasteiger partial charge in [0, 0.05) is 24.8 Å². The molecule has 10 heteroatoms. The Bertz CT molecular complexity index is 807. The Labute approximate surface area is 177 Å². The van der Waals surface area contributed by atoms with Gasteiger partial charge in [-0.1, -0.05) is 12.1 Å². The summed E-state index contributed by atoms with van der Waals surface area (Å²) in [7, 11) is 0. The number of nitrogens with zero attached hydrogens (tertiary/aromatic N) is 2. The van der Waals surface area contributed by atoms with Crippen LogP contribution in [0.25, 0.3) is 0 Å². The summed E-state index contributed by atoms with van der Waals surface area (Å²) in [5, 5.41) is 7.12. The molecule has 3 aliphatic rings. The first-order valence-corrected chi connectivity index (χ1v) is 10.1. The van der Waals surface area contributed by atoms with Crippen LogP contribution in [-0.2, 0) is 25.7 Å². The molecule has 1 N–H and O–H groups in total. The summed E-state index contributed by atoms with van der Waals surface area (Å²) in [5.74, 6) is -2.55. The lowest BCUT2D eigenvalue weighted by Crippen LogP contribution is -2.67. The molecule has 0 bridgehead atoms. The number of ether oxygens (including phenoxy) is 2. The van der Waals surface area contributed by atoms with Crippen LogP contribution in [0.2, 0.25) is 0 Å². The molecule has 4 rings (SSSR count). The number of hydrogen-bond acceptors (Lipinski definition) is 5. The minimum atomic E-state index is -5.08. The number of aromatic nitrogens is 1. The van der Waals surface area contributed by atoms with Gasteiger partial charge in [-0.05, 0) is 37.8 Å². The quantitative estimate of drug-likeness (QED) is 0.771. The number of carbonyl (C=O) groups is 2. The number of halogens is 3. The van der Waals surface area contributed by atoms with Crippen LogP contribution in [0, 0.1) is 0 Å². The van der Waals surface area contributed by atoms with E-state index in [2.05, 4.69) is 11.1 Å². The molecule has 31 heavy (non-hydrogen) atoms. The highest BCUT2D eigenvalue weighted by Crippen LogP contribution is 2.37. The zero-order valence-corrected chi connectivity index (χ0v) is 16.9. The number of amides is 1. The Morgan fingerprint density at radius 3 is 2.65 bits per heavy atom. The third-order valence-electron chi connectivity index (χ3n) is 5.44. The van der Waals surface area contributed by atoms with E-state index in [1.54, 1.807) is 6.20 Å². The maximum atomic E-state index is 12.4. The minimum Gasteiger partial charge on any atom is -0.475 e. The minimum absolute atomic E-state index is 0.184. The highest BCUT2D eigenvalue weighted by molar-refractivity contribution is 5.94. The number of hydrogen-bond donors (Lipinski definition) is 1. The number of carboxylic acid groups (broad SMARTS) is 1. The van der Waals surface area contributed by atoms with Gasteiger partial charge in [-0.25, -0.2) is 4.79 Å². The first-order chi connectivity index (χ1) is 14.7. The summed E-state index contributed by atoms with van der Waals surface area (Å²) in [4.78, 5) is 27.5. The van der Waals surface area contributed by atoms with E-state index in [1.807, 2.05) is 23.1 Å². The fraction of sp³-hybridized carbons (Fsp3) is 0.571. The summed E-state index contributed by atoms with van der Waals surface area (Å²) in [6.45, 7) is 2.65. The second kappa shape index (κ2) is 9.78. The Morgan fingerprint density at radius 2 is 2.06 bits per heavy atom. The third kappa shape index (κ3) is 6.27. The van der Waals surface area contributed by atoms with Gasteiger partial charge in [0.2, 0.25) is 5.91 Å². The maximum Gasteiger partial charge on any atom is 0.490 e. The lowest BCUT2D eigenvalue weighted by Gasteiger charge is -2.53. The molecule has 1 aromatic rings. The summed E-state index contributed by atoms with van der Waals surface area (Å²) >= 11 is 0. The molecular weight excluding hydrogens is 417 g/mol. The molecule has 7 nitrogen and oxygen atoms in total. The van der Waals surface area contributed by atoms with Gasteiger partial charge in [0.25, 0.3) is 0 Å². The Kier molecular flexibility index (Phi) is 7.32. The van der Waals surface area contributed by atoms with E-state index in [-0.39, 0.29) is 17.6 Å². The van der Waals surface area contributed by atoms with Gasteiger partial charge in [-0.3, -0.25) is 9.78 Å². The number of pyridine rings is 1. The smallest absolute Gasteiger partial charge is 0.475 e. The van der Waals surface area contributed by atoms with Gasteiger partial charge in [-0.15, -0.1) is 0 Å². The van der Waals surface area contributed by atoms with Crippen LogP contribution in [-0.4, -0.2) is 64.4 Å². The van der Waals surface area contributed by atoms with Crippen LogP contribution in [0.4, 0.5) is 13.2 Å². The second-order valence-corrected chi connectivity index (χ2v) is 7.86. The molecule has 1 amide bonds. The molecule has 0 aromatic carbocycles. The van der Waals surface area contributed by atoms with Crippen molar-refractivity contribution in [1.29, 1.82) is 0 Å². The summed E-state index contributed by atoms with van der Waals surface area (Å²) in [6.07, 6.45) is 3.84. The van der Waals surface area contributed by atoms with Crippen molar-refractivity contribution in [2.45, 2.75) is 56.6 Å². The first kappa shape index (κ1) is 23.2. The molecule has 1 aliphatic carbocycles. The van der Waals surface area contributed by atoms with Gasteiger partial charge in [0.05, 0.1) is 31.5 Å². The van der Waals surface area contributed by atoms with Crippen LogP contribution < -0.4 is 0 Å². The number of carbonyl (C=O) groups excluding carboxylic acids is 1. The van der Waals surface area contributed by atoms with Crippen molar-refractivity contribution in [3.8, 4) is 0 Å². The highest BCUT2D eigenvalue weighted by Gasteiger charge is 2.50. The first-order valence-electron chi connectivity index (χ1n) is 10.1. The van der Waals surface area contributed by atoms with Crippen molar-refractivity contribution in [2.24, 2.45) is 0 Å². The zero-order chi connectivity index (χ0) is 22.5. The second-order valence-electron chi connectivity index (χ2n) is 7.86. The van der Waals surface area contributed by atoms with E-state index < -0.39 is 12.1 Å². The average molecular weight is 442 g/mol. The number of allylic oxidation sites excluding steroid dienone is 1. The predicted molar refractivity (Wildman–Crippen MR) is 103 cm³/mol. The van der Waals surface area contributed by atoms with E-state index in [4.69, 9.17) is 19.4 Å². The molecule has 1 spiro atoms. The van der Waals surface area contributed by atoms with E-state index in [9.17, 15) is 18.0 Å². The zero-order valence-electron chi connectivity index (χ0n) is 16.9. The van der Waals surface area contributed by atoms with Gasteiger partial charge in [0.1, 0.15) is 5.60 Å². The van der Waals surface area contributed by atoms with E-state index in [1.165, 1.54) is 0 Å². The lowest BCUT2D eigenvalue weighted by atomic mass is 9.84. The molecule has 2 fully saturated rings. The van der Waals surface area contributed by atoms with Crippen LogP contribution in [0.5, 0.6) is 0 Å². The molecule has 2 aliphatic heterocycles. The average Bonchev–Trinajstić information content (AvgIpc) is 3.25. The topological polar surface area (TPSA) is 89.0 Å². The van der Waals surface area contributed by atoms with Gasteiger partial charge in [0.15, 0.2) is 0 Å². The van der Waals surface area contributed by atoms with Gasteiger partial charge < -0.3 is 19.5 Å². The summed E-state index contributed by atoms with van der Waals surface area (Å²) < 4.78 is 43.8. The largest absolute Gasteiger partial charge is 0.490 e. The maximum absolute atomic E-state index is 12.4. The standard InChI is InChI=1S/C19H24N2O3.C2HF3O2/c22-18(15-5-1-2-6-15)21-13-19(14-21)11-17(8-10-24-19)23-12-16-7-3-4-9-20-16;3-2(4,5)1(6)7/h3-5,7,9,17H,1-2,6,8,10-14H2;(H,6,7). The molecule has 3 heterocycles. The fourth-order valence-electron chi connectivity index (χ4n) is 3.89. The molecule has 1 atom stereocenters. The molecule has 0 radical (unpaired) electrons. The Balaban J connectivity index is 0.000000339. The van der Waals surface area contributed by atoms with Crippen molar-refractivity contribution >= 4 is 11.9 Å². The van der Waals surface area contributed by atoms with Crippen molar-refractivity contribution in [3.63, 3.8) is 0 Å².